The van der Waals surface area contributed by atoms with Gasteiger partial charge in [-0.05, 0) is 49.6 Å². The fourth-order valence-electron chi connectivity index (χ4n) is 3.47. The minimum Gasteiger partial charge on any atom is -0.508 e. The summed E-state index contributed by atoms with van der Waals surface area (Å²) in [5.41, 5.74) is 1.03. The lowest BCUT2D eigenvalue weighted by Gasteiger charge is -2.28. The maximum Gasteiger partial charge on any atom is 0.316 e. The van der Waals surface area contributed by atoms with Crippen molar-refractivity contribution < 1.29 is 15.0 Å². The molecule has 0 spiro atoms. The van der Waals surface area contributed by atoms with Crippen molar-refractivity contribution in [2.75, 3.05) is 33.7 Å². The van der Waals surface area contributed by atoms with E-state index in [0.29, 0.717) is 12.8 Å². The monoisotopic (exact) mass is 372 g/mol. The number of benzene rings is 1. The number of phenolic OH excluding ortho intramolecular Hbond substituents is 1. The summed E-state index contributed by atoms with van der Waals surface area (Å²) in [6.07, 6.45) is 4.02. The summed E-state index contributed by atoms with van der Waals surface area (Å²) in [7, 11) is 3.38. The molecule has 7 nitrogen and oxygen atoms in total. The van der Waals surface area contributed by atoms with E-state index in [9.17, 15) is 15.0 Å². The van der Waals surface area contributed by atoms with Gasteiger partial charge in [0.15, 0.2) is 0 Å². The summed E-state index contributed by atoms with van der Waals surface area (Å²) in [5.74, 6) is 0.218. The first-order valence-electron chi connectivity index (χ1n) is 9.32. The molecule has 3 rings (SSSR count). The zero-order valence-electron chi connectivity index (χ0n) is 16.0. The van der Waals surface area contributed by atoms with Crippen LogP contribution in [0.5, 0.6) is 5.75 Å². The molecular formula is C20H28N4O3. The van der Waals surface area contributed by atoms with Crippen molar-refractivity contribution in [3.05, 3.63) is 36.0 Å². The SMILES string of the molecule is CN(C)C(=O)NCC1(O)CCCN(Cc2cnc3cc(O)ccc3c2)CC1. The fraction of sp³-hybridized carbons (Fsp3) is 0.500. The number of urea groups is 1. The Labute approximate surface area is 159 Å². The van der Waals surface area contributed by atoms with Crippen LogP contribution in [0.25, 0.3) is 10.9 Å². The lowest BCUT2D eigenvalue weighted by Crippen LogP contribution is -2.46. The smallest absolute Gasteiger partial charge is 0.316 e. The van der Waals surface area contributed by atoms with Crippen LogP contribution in [0, 0.1) is 0 Å². The second-order valence-electron chi connectivity index (χ2n) is 7.63. The van der Waals surface area contributed by atoms with Gasteiger partial charge in [-0.3, -0.25) is 9.88 Å². The van der Waals surface area contributed by atoms with Crippen LogP contribution in [0.3, 0.4) is 0 Å². The van der Waals surface area contributed by atoms with Crippen molar-refractivity contribution in [2.45, 2.75) is 31.4 Å². The zero-order chi connectivity index (χ0) is 19.4. The van der Waals surface area contributed by atoms with Crippen molar-refractivity contribution in [1.82, 2.24) is 20.1 Å². The topological polar surface area (TPSA) is 88.9 Å². The molecule has 2 heterocycles. The van der Waals surface area contributed by atoms with Gasteiger partial charge < -0.3 is 20.4 Å². The first kappa shape index (κ1) is 19.4. The highest BCUT2D eigenvalue weighted by Gasteiger charge is 2.30. The van der Waals surface area contributed by atoms with Crippen LogP contribution in [0.2, 0.25) is 0 Å². The molecule has 1 atom stereocenters. The minimum atomic E-state index is -0.862. The Balaban J connectivity index is 1.59. The molecule has 27 heavy (non-hydrogen) atoms. The number of fused-ring (bicyclic) bond motifs is 1. The first-order valence-corrected chi connectivity index (χ1v) is 9.32. The van der Waals surface area contributed by atoms with Crippen LogP contribution in [0.1, 0.15) is 24.8 Å². The Morgan fingerprint density at radius 3 is 2.89 bits per heavy atom. The number of phenols is 1. The number of rotatable bonds is 4. The third-order valence-corrected chi connectivity index (χ3v) is 5.12. The van der Waals surface area contributed by atoms with Crippen LogP contribution in [-0.4, -0.2) is 70.4 Å². The summed E-state index contributed by atoms with van der Waals surface area (Å²) in [6, 6.07) is 7.11. The molecule has 1 aromatic heterocycles. The minimum absolute atomic E-state index is 0.183. The van der Waals surface area contributed by atoms with Gasteiger partial charge in [-0.2, -0.15) is 0 Å². The molecule has 3 N–H and O–H groups in total. The van der Waals surface area contributed by atoms with Crippen molar-refractivity contribution in [3.63, 3.8) is 0 Å². The Morgan fingerprint density at radius 2 is 2.11 bits per heavy atom. The number of pyridine rings is 1. The highest BCUT2D eigenvalue weighted by Crippen LogP contribution is 2.24. The van der Waals surface area contributed by atoms with Crippen molar-refractivity contribution >= 4 is 16.9 Å². The molecule has 0 saturated carbocycles. The van der Waals surface area contributed by atoms with Gasteiger partial charge >= 0.3 is 6.03 Å². The molecule has 0 radical (unpaired) electrons. The van der Waals surface area contributed by atoms with E-state index in [1.54, 1.807) is 26.2 Å². The number of aromatic nitrogens is 1. The molecular weight excluding hydrogens is 344 g/mol. The number of hydrogen-bond acceptors (Lipinski definition) is 5. The van der Waals surface area contributed by atoms with Crippen LogP contribution < -0.4 is 5.32 Å². The van der Waals surface area contributed by atoms with Gasteiger partial charge in [-0.15, -0.1) is 0 Å². The summed E-state index contributed by atoms with van der Waals surface area (Å²) < 4.78 is 0. The second kappa shape index (κ2) is 8.10. The number of aliphatic hydroxyl groups is 1. The average molecular weight is 372 g/mol. The summed E-state index contributed by atoms with van der Waals surface area (Å²) in [5, 5.41) is 24.2. The van der Waals surface area contributed by atoms with E-state index in [0.717, 1.165) is 42.5 Å². The molecule has 2 aromatic rings. The number of aromatic hydroxyl groups is 1. The van der Waals surface area contributed by atoms with Crippen LogP contribution in [0.4, 0.5) is 4.79 Å². The molecule has 7 heteroatoms. The van der Waals surface area contributed by atoms with Crippen LogP contribution >= 0.6 is 0 Å². The van der Waals surface area contributed by atoms with E-state index < -0.39 is 5.60 Å². The van der Waals surface area contributed by atoms with E-state index in [1.165, 1.54) is 4.90 Å². The number of carbonyl (C=O) groups is 1. The quantitative estimate of drug-likeness (QED) is 0.763. The second-order valence-corrected chi connectivity index (χ2v) is 7.63. The largest absolute Gasteiger partial charge is 0.508 e. The number of amides is 2. The van der Waals surface area contributed by atoms with E-state index in [-0.39, 0.29) is 18.3 Å². The van der Waals surface area contributed by atoms with Crippen LogP contribution in [-0.2, 0) is 6.54 Å². The Morgan fingerprint density at radius 1 is 1.30 bits per heavy atom. The van der Waals surface area contributed by atoms with E-state index in [4.69, 9.17) is 0 Å². The third-order valence-electron chi connectivity index (χ3n) is 5.12. The lowest BCUT2D eigenvalue weighted by atomic mass is 9.95. The van der Waals surface area contributed by atoms with Crippen molar-refractivity contribution in [3.8, 4) is 5.75 Å². The van der Waals surface area contributed by atoms with E-state index in [1.807, 2.05) is 12.3 Å². The zero-order valence-corrected chi connectivity index (χ0v) is 16.0. The predicted molar refractivity (Wildman–Crippen MR) is 105 cm³/mol. The van der Waals surface area contributed by atoms with Crippen molar-refractivity contribution in [1.29, 1.82) is 0 Å². The number of likely N-dealkylation sites (tertiary alicyclic amines) is 1. The molecule has 0 bridgehead atoms. The summed E-state index contributed by atoms with van der Waals surface area (Å²) in [4.78, 5) is 19.9. The Kier molecular flexibility index (Phi) is 5.82. The Hall–Kier alpha value is -2.38. The normalized spacial score (nSPS) is 21.0. The highest BCUT2D eigenvalue weighted by atomic mass is 16.3. The Bertz CT molecular complexity index is 811. The molecule has 2 amide bonds. The molecule has 1 unspecified atom stereocenters. The van der Waals surface area contributed by atoms with Gasteiger partial charge in [-0.1, -0.05) is 0 Å². The number of carbonyl (C=O) groups excluding carboxylic acids is 1. The van der Waals surface area contributed by atoms with Gasteiger partial charge in [-0.25, -0.2) is 4.79 Å². The van der Waals surface area contributed by atoms with E-state index >= 15 is 0 Å². The fourth-order valence-corrected chi connectivity index (χ4v) is 3.47. The molecule has 1 aliphatic rings. The van der Waals surface area contributed by atoms with Gasteiger partial charge in [0.05, 0.1) is 11.1 Å². The molecule has 1 aliphatic heterocycles. The number of nitrogens with zero attached hydrogens (tertiary/aromatic N) is 3. The summed E-state index contributed by atoms with van der Waals surface area (Å²) in [6.45, 7) is 2.71. The van der Waals surface area contributed by atoms with E-state index in [2.05, 4.69) is 21.3 Å². The lowest BCUT2D eigenvalue weighted by molar-refractivity contribution is 0.0271. The molecule has 1 saturated heterocycles. The molecule has 1 aromatic carbocycles. The average Bonchev–Trinajstić information content (AvgIpc) is 2.82. The first-order chi connectivity index (χ1) is 12.8. The van der Waals surface area contributed by atoms with Gasteiger partial charge in [0.25, 0.3) is 0 Å². The van der Waals surface area contributed by atoms with Gasteiger partial charge in [0.1, 0.15) is 5.75 Å². The van der Waals surface area contributed by atoms with Gasteiger partial charge in [0, 0.05) is 51.4 Å². The third kappa shape index (κ3) is 5.08. The van der Waals surface area contributed by atoms with Gasteiger partial charge in [0.2, 0.25) is 0 Å². The summed E-state index contributed by atoms with van der Waals surface area (Å²) >= 11 is 0. The molecule has 1 fully saturated rings. The van der Waals surface area contributed by atoms with Crippen molar-refractivity contribution in [2.24, 2.45) is 0 Å². The number of hydrogen-bond donors (Lipinski definition) is 3. The predicted octanol–water partition coefficient (Wildman–Crippen LogP) is 1.93. The highest BCUT2D eigenvalue weighted by molar-refractivity contribution is 5.80. The standard InChI is InChI=1S/C20H28N4O3/c1-23(2)19(26)22-14-20(27)6-3-8-24(9-7-20)13-15-10-16-4-5-17(25)11-18(16)21-12-15/h4-5,10-12,25,27H,3,6-9,13-14H2,1-2H3,(H,22,26). The molecule has 0 aliphatic carbocycles. The molecule has 146 valence electrons. The maximum atomic E-state index is 11.7. The maximum absolute atomic E-state index is 11.7. The number of nitrogens with one attached hydrogen (secondary N) is 1. The van der Waals surface area contributed by atoms with Crippen LogP contribution in [0.15, 0.2) is 30.5 Å².